The van der Waals surface area contributed by atoms with Gasteiger partial charge in [0.2, 0.25) is 5.90 Å². The zero-order chi connectivity index (χ0) is 21.5. The normalized spacial score (nSPS) is 18.0. The highest BCUT2D eigenvalue weighted by atomic mass is 19.1. The van der Waals surface area contributed by atoms with E-state index in [1.165, 1.54) is 18.5 Å². The van der Waals surface area contributed by atoms with Crippen molar-refractivity contribution < 1.29 is 13.9 Å². The largest absolute Gasteiger partial charge is 0.490 e. The third-order valence-corrected chi connectivity index (χ3v) is 4.87. The van der Waals surface area contributed by atoms with Crippen molar-refractivity contribution in [3.05, 3.63) is 54.6 Å². The third kappa shape index (κ3) is 7.54. The first-order chi connectivity index (χ1) is 13.6. The molecule has 1 aromatic rings. The molecular formula is C23H34FN3O2. The molecule has 1 heterocycles. The summed E-state index contributed by atoms with van der Waals surface area (Å²) in [6.07, 6.45) is 4.81. The first kappa shape index (κ1) is 22.9. The van der Waals surface area contributed by atoms with E-state index in [4.69, 9.17) is 15.2 Å². The summed E-state index contributed by atoms with van der Waals surface area (Å²) in [6, 6.07) is 6.54. The van der Waals surface area contributed by atoms with Gasteiger partial charge in [-0.3, -0.25) is 4.90 Å². The molecule has 0 aliphatic carbocycles. The molecule has 1 aliphatic heterocycles. The fourth-order valence-electron chi connectivity index (χ4n) is 3.14. The highest BCUT2D eigenvalue weighted by Crippen LogP contribution is 2.32. The van der Waals surface area contributed by atoms with Crippen molar-refractivity contribution in [2.75, 3.05) is 26.2 Å². The predicted octanol–water partition coefficient (Wildman–Crippen LogP) is 4.51. The van der Waals surface area contributed by atoms with Crippen LogP contribution in [0.4, 0.5) is 4.39 Å². The van der Waals surface area contributed by atoms with E-state index in [2.05, 4.69) is 23.4 Å². The Morgan fingerprint density at radius 3 is 2.55 bits per heavy atom. The number of nitrogens with zero attached hydrogens (tertiary/aromatic N) is 2. The number of aliphatic imine (C=N–C) groups is 1. The Morgan fingerprint density at radius 2 is 1.97 bits per heavy atom. The number of piperidine rings is 1. The predicted molar refractivity (Wildman–Crippen MR) is 116 cm³/mol. The average Bonchev–Trinajstić information content (AvgIpc) is 2.65. The molecule has 1 fully saturated rings. The molecule has 5 nitrogen and oxygen atoms in total. The van der Waals surface area contributed by atoms with Crippen molar-refractivity contribution >= 4 is 5.90 Å². The van der Waals surface area contributed by atoms with Gasteiger partial charge in [-0.15, -0.1) is 0 Å². The molecule has 0 unspecified atom stereocenters. The second-order valence-corrected chi connectivity index (χ2v) is 8.90. The summed E-state index contributed by atoms with van der Waals surface area (Å²) >= 11 is 0. The van der Waals surface area contributed by atoms with Gasteiger partial charge >= 0.3 is 0 Å². The maximum absolute atomic E-state index is 13.8. The number of hydrogen-bond acceptors (Lipinski definition) is 5. The molecule has 2 N–H and O–H groups in total. The van der Waals surface area contributed by atoms with Crippen molar-refractivity contribution in [2.45, 2.75) is 46.1 Å². The standard InChI is InChI=1S/C23H34FN3O2/c1-18(21(26-13-12-25)29-22(2,3)4)16-27-14-10-23(5,11-15-27)17-28-20-9-7-6-8-19(20)24/h6-9,12-13H,1,10-11,14-17,25H2,2-5H3/b13-12-,26-21?. The zero-order valence-corrected chi connectivity index (χ0v) is 18.1. The third-order valence-electron chi connectivity index (χ3n) is 4.87. The van der Waals surface area contributed by atoms with Gasteiger partial charge in [0, 0.05) is 29.9 Å². The molecule has 0 atom stereocenters. The van der Waals surface area contributed by atoms with Crippen molar-refractivity contribution in [1.82, 2.24) is 4.90 Å². The number of benzene rings is 1. The SMILES string of the molecule is C=C(CN1CCC(C)(COc2ccccc2F)CC1)C(=N/C=C\N)OC(C)(C)C. The van der Waals surface area contributed by atoms with Crippen LogP contribution < -0.4 is 10.5 Å². The smallest absolute Gasteiger partial charge is 0.217 e. The van der Waals surface area contributed by atoms with Gasteiger partial charge in [0.15, 0.2) is 11.6 Å². The molecule has 0 radical (unpaired) electrons. The molecule has 0 spiro atoms. The van der Waals surface area contributed by atoms with Gasteiger partial charge in [0.1, 0.15) is 5.60 Å². The van der Waals surface area contributed by atoms with E-state index in [0.29, 0.717) is 24.8 Å². The lowest BCUT2D eigenvalue weighted by atomic mass is 9.81. The van der Waals surface area contributed by atoms with Crippen molar-refractivity contribution in [3.63, 3.8) is 0 Å². The van der Waals surface area contributed by atoms with Crippen molar-refractivity contribution in [1.29, 1.82) is 0 Å². The Balaban J connectivity index is 1.89. The molecule has 6 heteroatoms. The molecule has 0 aromatic heterocycles. The minimum Gasteiger partial charge on any atom is -0.490 e. The van der Waals surface area contributed by atoms with Gasteiger partial charge in [-0.2, -0.15) is 0 Å². The van der Waals surface area contributed by atoms with E-state index in [-0.39, 0.29) is 16.8 Å². The highest BCUT2D eigenvalue weighted by molar-refractivity contribution is 5.94. The fourth-order valence-corrected chi connectivity index (χ4v) is 3.14. The minimum absolute atomic E-state index is 0.0151. The second kappa shape index (κ2) is 9.92. The summed E-state index contributed by atoms with van der Waals surface area (Å²) < 4.78 is 25.5. The summed E-state index contributed by atoms with van der Waals surface area (Å²) in [5.74, 6) is 0.509. The number of hydrogen-bond donors (Lipinski definition) is 1. The van der Waals surface area contributed by atoms with E-state index in [9.17, 15) is 4.39 Å². The quantitative estimate of drug-likeness (QED) is 0.538. The fraction of sp³-hybridized carbons (Fsp3) is 0.522. The molecule has 29 heavy (non-hydrogen) atoms. The average molecular weight is 404 g/mol. The highest BCUT2D eigenvalue weighted by Gasteiger charge is 2.32. The number of rotatable bonds is 7. The van der Waals surface area contributed by atoms with E-state index in [1.54, 1.807) is 18.2 Å². The Bertz CT molecular complexity index is 745. The van der Waals surface area contributed by atoms with Crippen LogP contribution in [0.2, 0.25) is 0 Å². The number of para-hydroxylation sites is 1. The molecule has 1 aromatic carbocycles. The first-order valence-corrected chi connectivity index (χ1v) is 10.0. The zero-order valence-electron chi connectivity index (χ0n) is 18.1. The number of halogens is 1. The molecule has 1 aliphatic rings. The number of ether oxygens (including phenoxy) is 2. The van der Waals surface area contributed by atoms with Crippen molar-refractivity contribution in [2.24, 2.45) is 16.1 Å². The van der Waals surface area contributed by atoms with E-state index >= 15 is 0 Å². The Labute approximate surface area is 174 Å². The summed E-state index contributed by atoms with van der Waals surface area (Å²) in [4.78, 5) is 6.63. The number of nitrogens with two attached hydrogens (primary N) is 1. The number of likely N-dealkylation sites (tertiary alicyclic amines) is 1. The van der Waals surface area contributed by atoms with Gasteiger partial charge in [0.25, 0.3) is 0 Å². The van der Waals surface area contributed by atoms with Crippen LogP contribution in [0.3, 0.4) is 0 Å². The molecule has 0 saturated carbocycles. The Morgan fingerprint density at radius 1 is 1.31 bits per heavy atom. The molecular weight excluding hydrogens is 369 g/mol. The van der Waals surface area contributed by atoms with E-state index < -0.39 is 0 Å². The summed E-state index contributed by atoms with van der Waals surface area (Å²) in [7, 11) is 0. The summed E-state index contributed by atoms with van der Waals surface area (Å²) in [5.41, 5.74) is 5.89. The lowest BCUT2D eigenvalue weighted by molar-refractivity contribution is 0.0707. The van der Waals surface area contributed by atoms with Gasteiger partial charge in [-0.25, -0.2) is 9.38 Å². The Kier molecular flexibility index (Phi) is 7.85. The van der Waals surface area contributed by atoms with Crippen LogP contribution in [0.1, 0.15) is 40.5 Å². The van der Waals surface area contributed by atoms with Crippen LogP contribution in [0.25, 0.3) is 0 Å². The topological polar surface area (TPSA) is 60.1 Å². The molecule has 0 amide bonds. The minimum atomic E-state index is -0.366. The van der Waals surface area contributed by atoms with Gasteiger partial charge in [0.05, 0.1) is 6.61 Å². The van der Waals surface area contributed by atoms with Crippen molar-refractivity contribution in [3.8, 4) is 5.75 Å². The first-order valence-electron chi connectivity index (χ1n) is 10.0. The van der Waals surface area contributed by atoms with Crippen LogP contribution in [0.15, 0.2) is 53.8 Å². The molecule has 160 valence electrons. The van der Waals surface area contributed by atoms with Gasteiger partial charge in [-0.05, 0) is 58.8 Å². The van der Waals surface area contributed by atoms with E-state index in [1.807, 2.05) is 20.8 Å². The van der Waals surface area contributed by atoms with Gasteiger partial charge in [-0.1, -0.05) is 25.6 Å². The summed E-state index contributed by atoms with van der Waals surface area (Å²) in [5, 5.41) is 0. The molecule has 2 rings (SSSR count). The maximum atomic E-state index is 13.8. The lowest BCUT2D eigenvalue weighted by Crippen LogP contribution is -2.43. The Hall–Kier alpha value is -2.34. The van der Waals surface area contributed by atoms with Crippen LogP contribution in [-0.2, 0) is 4.74 Å². The van der Waals surface area contributed by atoms with Crippen LogP contribution in [0.5, 0.6) is 5.75 Å². The van der Waals surface area contributed by atoms with Crippen LogP contribution in [0, 0.1) is 11.2 Å². The van der Waals surface area contributed by atoms with Crippen LogP contribution in [-0.4, -0.2) is 42.6 Å². The summed E-state index contributed by atoms with van der Waals surface area (Å²) in [6.45, 7) is 15.3. The monoisotopic (exact) mass is 403 g/mol. The molecule has 0 bridgehead atoms. The van der Waals surface area contributed by atoms with E-state index in [0.717, 1.165) is 31.5 Å². The molecule has 1 saturated heterocycles. The second-order valence-electron chi connectivity index (χ2n) is 8.90. The lowest BCUT2D eigenvalue weighted by Gasteiger charge is -2.39. The van der Waals surface area contributed by atoms with Gasteiger partial charge < -0.3 is 15.2 Å². The maximum Gasteiger partial charge on any atom is 0.217 e. The van der Waals surface area contributed by atoms with Crippen LogP contribution >= 0.6 is 0 Å².